The molecule has 6 nitrogen and oxygen atoms in total. The van der Waals surface area contributed by atoms with Crippen LogP contribution >= 0.6 is 0 Å². The summed E-state index contributed by atoms with van der Waals surface area (Å²) in [6.45, 7) is 6.11. The molecule has 1 saturated heterocycles. The summed E-state index contributed by atoms with van der Waals surface area (Å²) >= 11 is 0. The Morgan fingerprint density at radius 3 is 2.84 bits per heavy atom. The third-order valence-corrected chi connectivity index (χ3v) is 5.58. The van der Waals surface area contributed by atoms with Gasteiger partial charge in [-0.2, -0.15) is 0 Å². The molecular formula is C19H25N5O. The van der Waals surface area contributed by atoms with Crippen LogP contribution in [0.15, 0.2) is 24.3 Å². The molecule has 2 aromatic rings. The predicted molar refractivity (Wildman–Crippen MR) is 95.4 cm³/mol. The first-order valence-corrected chi connectivity index (χ1v) is 9.16. The molecule has 1 aromatic heterocycles. The van der Waals surface area contributed by atoms with Crippen LogP contribution in [-0.4, -0.2) is 34.0 Å². The molecule has 0 bridgehead atoms. The minimum absolute atomic E-state index is 0.0483. The van der Waals surface area contributed by atoms with Crippen LogP contribution in [0.4, 0.5) is 0 Å². The molecule has 0 spiro atoms. The lowest BCUT2D eigenvalue weighted by Crippen LogP contribution is -2.32. The second-order valence-corrected chi connectivity index (χ2v) is 7.28. The maximum atomic E-state index is 12.8. The van der Waals surface area contributed by atoms with E-state index in [0.29, 0.717) is 17.7 Å². The molecule has 0 radical (unpaired) electrons. The Hall–Kier alpha value is -2.21. The predicted octanol–water partition coefficient (Wildman–Crippen LogP) is 2.17. The van der Waals surface area contributed by atoms with Gasteiger partial charge in [-0.05, 0) is 56.3 Å². The molecular weight excluding hydrogens is 314 g/mol. The molecule has 2 aliphatic rings. The summed E-state index contributed by atoms with van der Waals surface area (Å²) in [6.07, 6.45) is 3.05. The topological polar surface area (TPSA) is 71.8 Å². The van der Waals surface area contributed by atoms with E-state index in [9.17, 15) is 4.79 Å². The van der Waals surface area contributed by atoms with Crippen LogP contribution in [0.3, 0.4) is 0 Å². The Balaban J connectivity index is 1.53. The van der Waals surface area contributed by atoms with Gasteiger partial charge in [-0.25, -0.2) is 4.68 Å². The molecule has 25 heavy (non-hydrogen) atoms. The van der Waals surface area contributed by atoms with Crippen molar-refractivity contribution in [3.8, 4) is 0 Å². The van der Waals surface area contributed by atoms with Crippen LogP contribution in [0.25, 0.3) is 0 Å². The van der Waals surface area contributed by atoms with Crippen LogP contribution in [0, 0.1) is 12.8 Å². The van der Waals surface area contributed by atoms with E-state index in [1.54, 1.807) is 0 Å². The number of benzene rings is 1. The van der Waals surface area contributed by atoms with Gasteiger partial charge in [0.1, 0.15) is 0 Å². The molecule has 4 rings (SSSR count). The van der Waals surface area contributed by atoms with Crippen LogP contribution in [-0.2, 0) is 6.42 Å². The molecule has 6 heteroatoms. The minimum Gasteiger partial charge on any atom is -0.343 e. The van der Waals surface area contributed by atoms with E-state index < -0.39 is 0 Å². The Bertz CT molecular complexity index is 778. The number of amides is 1. The van der Waals surface area contributed by atoms with Gasteiger partial charge in [-0.1, -0.05) is 36.4 Å². The van der Waals surface area contributed by atoms with E-state index in [-0.39, 0.29) is 11.9 Å². The van der Waals surface area contributed by atoms with Crippen LogP contribution in [0.1, 0.15) is 59.2 Å². The van der Waals surface area contributed by atoms with E-state index in [1.807, 2.05) is 17.7 Å². The third-order valence-electron chi connectivity index (χ3n) is 5.58. The van der Waals surface area contributed by atoms with Gasteiger partial charge < -0.3 is 10.6 Å². The second kappa shape index (κ2) is 6.59. The highest BCUT2D eigenvalue weighted by atomic mass is 16.2. The fraction of sp³-hybridized carbons (Fsp3) is 0.526. The van der Waals surface area contributed by atoms with E-state index in [0.717, 1.165) is 38.0 Å². The van der Waals surface area contributed by atoms with Gasteiger partial charge in [0.05, 0.1) is 17.8 Å². The van der Waals surface area contributed by atoms with E-state index >= 15 is 0 Å². The zero-order valence-corrected chi connectivity index (χ0v) is 14.8. The second-order valence-electron chi connectivity index (χ2n) is 7.28. The van der Waals surface area contributed by atoms with Crippen LogP contribution in [0.5, 0.6) is 0 Å². The molecule has 1 aliphatic heterocycles. The summed E-state index contributed by atoms with van der Waals surface area (Å²) in [7, 11) is 0. The SMILES string of the molecule is Cc1c(C(=O)N[C@@H]2c3ccccc3C[C@H]2C)nnn1C1CCNCC1. The van der Waals surface area contributed by atoms with Crippen molar-refractivity contribution in [3.05, 3.63) is 46.8 Å². The van der Waals surface area contributed by atoms with Crippen molar-refractivity contribution in [3.63, 3.8) is 0 Å². The van der Waals surface area contributed by atoms with Gasteiger partial charge in [0.25, 0.3) is 5.91 Å². The van der Waals surface area contributed by atoms with Gasteiger partial charge in [-0.3, -0.25) is 4.79 Å². The highest BCUT2D eigenvalue weighted by Crippen LogP contribution is 2.35. The Morgan fingerprint density at radius 2 is 2.04 bits per heavy atom. The standard InChI is InChI=1S/C19H25N5O/c1-12-11-14-5-3-4-6-16(14)17(12)21-19(25)18-13(2)24(23-22-18)15-7-9-20-10-8-15/h3-6,12,15,17,20H,7-11H2,1-2H3,(H,21,25)/t12-,17+/m1/s1. The lowest BCUT2D eigenvalue weighted by atomic mass is 10.0. The van der Waals surface area contributed by atoms with Crippen molar-refractivity contribution < 1.29 is 4.79 Å². The number of nitrogens with one attached hydrogen (secondary N) is 2. The number of piperidine rings is 1. The largest absolute Gasteiger partial charge is 0.343 e. The number of carbonyl (C=O) groups excluding carboxylic acids is 1. The Morgan fingerprint density at radius 1 is 1.28 bits per heavy atom. The Labute approximate surface area is 148 Å². The quantitative estimate of drug-likeness (QED) is 0.899. The first kappa shape index (κ1) is 16.3. The number of hydrogen-bond acceptors (Lipinski definition) is 4. The smallest absolute Gasteiger partial charge is 0.274 e. The fourth-order valence-corrected chi connectivity index (χ4v) is 4.17. The number of carbonyl (C=O) groups is 1. The molecule has 132 valence electrons. The zero-order valence-electron chi connectivity index (χ0n) is 14.8. The molecule has 2 atom stereocenters. The van der Waals surface area contributed by atoms with E-state index in [1.165, 1.54) is 11.1 Å². The average Bonchev–Trinajstić information content (AvgIpc) is 3.16. The molecule has 1 fully saturated rings. The molecule has 2 N–H and O–H groups in total. The fourth-order valence-electron chi connectivity index (χ4n) is 4.17. The summed E-state index contributed by atoms with van der Waals surface area (Å²) in [5.41, 5.74) is 3.88. The Kier molecular flexibility index (Phi) is 4.29. The molecule has 1 aromatic carbocycles. The monoisotopic (exact) mass is 339 g/mol. The summed E-state index contributed by atoms with van der Waals surface area (Å²) in [4.78, 5) is 12.8. The summed E-state index contributed by atoms with van der Waals surface area (Å²) in [5, 5.41) is 15.0. The maximum absolute atomic E-state index is 12.8. The minimum atomic E-state index is -0.119. The van der Waals surface area contributed by atoms with E-state index in [4.69, 9.17) is 0 Å². The highest BCUT2D eigenvalue weighted by molar-refractivity contribution is 5.93. The summed E-state index contributed by atoms with van der Waals surface area (Å²) in [6, 6.07) is 8.74. The normalized spacial score (nSPS) is 23.4. The van der Waals surface area contributed by atoms with E-state index in [2.05, 4.69) is 46.1 Å². The molecule has 1 amide bonds. The molecule has 0 saturated carbocycles. The number of hydrogen-bond donors (Lipinski definition) is 2. The number of nitrogens with zero attached hydrogens (tertiary/aromatic N) is 3. The van der Waals surface area contributed by atoms with Crippen molar-refractivity contribution in [2.75, 3.05) is 13.1 Å². The van der Waals surface area contributed by atoms with Gasteiger partial charge in [0, 0.05) is 0 Å². The number of aromatic nitrogens is 3. The molecule has 0 unspecified atom stereocenters. The zero-order chi connectivity index (χ0) is 17.4. The summed E-state index contributed by atoms with van der Waals surface area (Å²) < 4.78 is 1.93. The van der Waals surface area contributed by atoms with Crippen molar-refractivity contribution in [2.45, 2.75) is 45.2 Å². The molecule has 2 heterocycles. The van der Waals surface area contributed by atoms with Gasteiger partial charge in [0.15, 0.2) is 5.69 Å². The number of rotatable bonds is 3. The lowest BCUT2D eigenvalue weighted by molar-refractivity contribution is 0.0921. The average molecular weight is 339 g/mol. The highest BCUT2D eigenvalue weighted by Gasteiger charge is 2.32. The molecule has 1 aliphatic carbocycles. The first-order chi connectivity index (χ1) is 12.1. The summed E-state index contributed by atoms with van der Waals surface area (Å²) in [5.74, 6) is 0.271. The van der Waals surface area contributed by atoms with Crippen molar-refractivity contribution >= 4 is 5.91 Å². The van der Waals surface area contributed by atoms with Crippen LogP contribution < -0.4 is 10.6 Å². The van der Waals surface area contributed by atoms with Gasteiger partial charge in [0.2, 0.25) is 0 Å². The van der Waals surface area contributed by atoms with Gasteiger partial charge in [-0.15, -0.1) is 5.10 Å². The third kappa shape index (κ3) is 2.95. The number of fused-ring (bicyclic) bond motifs is 1. The van der Waals surface area contributed by atoms with Crippen LogP contribution in [0.2, 0.25) is 0 Å². The van der Waals surface area contributed by atoms with Crippen molar-refractivity contribution in [1.29, 1.82) is 0 Å². The lowest BCUT2D eigenvalue weighted by Gasteiger charge is -2.23. The van der Waals surface area contributed by atoms with Gasteiger partial charge >= 0.3 is 0 Å². The van der Waals surface area contributed by atoms with Crippen molar-refractivity contribution in [1.82, 2.24) is 25.6 Å². The van der Waals surface area contributed by atoms with Crippen molar-refractivity contribution in [2.24, 2.45) is 5.92 Å². The maximum Gasteiger partial charge on any atom is 0.274 e. The first-order valence-electron chi connectivity index (χ1n) is 9.16.